The van der Waals surface area contributed by atoms with Crippen LogP contribution in [0.2, 0.25) is 0 Å². The molecule has 0 radical (unpaired) electrons. The Hall–Kier alpha value is -3.98. The lowest BCUT2D eigenvalue weighted by molar-refractivity contribution is -0.149. The number of nitrogens with two attached hydrogens (primary N) is 3. The van der Waals surface area contributed by atoms with E-state index in [0.717, 1.165) is 48.0 Å². The molecule has 8 nitrogen and oxygen atoms in total. The van der Waals surface area contributed by atoms with Crippen molar-refractivity contribution in [1.82, 2.24) is 9.97 Å². The summed E-state index contributed by atoms with van der Waals surface area (Å²) in [5.74, 6) is 4.05. The molecule has 6 N–H and O–H groups in total. The van der Waals surface area contributed by atoms with Gasteiger partial charge in [0.15, 0.2) is 11.3 Å². The summed E-state index contributed by atoms with van der Waals surface area (Å²) in [6.45, 7) is 0.0734. The smallest absolute Gasteiger partial charge is 0.352 e. The summed E-state index contributed by atoms with van der Waals surface area (Å²) in [5.41, 5.74) is 15.7. The molecule has 0 fully saturated rings. The predicted molar refractivity (Wildman–Crippen MR) is 150 cm³/mol. The van der Waals surface area contributed by atoms with Crippen molar-refractivity contribution < 1.29 is 14.4 Å². The zero-order valence-electron chi connectivity index (χ0n) is 21.8. The molecule has 0 aliphatic heterocycles. The van der Waals surface area contributed by atoms with Gasteiger partial charge in [-0.15, -0.1) is 0 Å². The molecule has 8 heteroatoms. The Bertz CT molecular complexity index is 1510. The highest BCUT2D eigenvalue weighted by Gasteiger charge is 2.45. The third-order valence-electron chi connectivity index (χ3n) is 7.83. The first-order chi connectivity index (χ1) is 19.0. The van der Waals surface area contributed by atoms with Crippen molar-refractivity contribution in [3.8, 4) is 11.3 Å². The summed E-state index contributed by atoms with van der Waals surface area (Å²) < 4.78 is 0. The van der Waals surface area contributed by atoms with E-state index in [1.807, 2.05) is 60.8 Å². The van der Waals surface area contributed by atoms with Crippen molar-refractivity contribution >= 4 is 22.5 Å². The monoisotopic (exact) mass is 523 g/mol. The number of Topliss-reactive ketones (excluding diaryl/α,β-unsaturated/α-hetero) is 1. The largest absolute Gasteiger partial charge is 0.372 e. The maximum Gasteiger partial charge on any atom is 0.352 e. The van der Waals surface area contributed by atoms with E-state index in [2.05, 4.69) is 20.9 Å². The quantitative estimate of drug-likeness (QED) is 0.167. The van der Waals surface area contributed by atoms with Crippen molar-refractivity contribution in [1.29, 1.82) is 0 Å². The molecule has 1 aliphatic rings. The van der Waals surface area contributed by atoms with E-state index >= 15 is 0 Å². The fraction of sp³-hybridized carbons (Fsp3) is 0.290. The van der Waals surface area contributed by atoms with Gasteiger partial charge in [0.05, 0.1) is 5.69 Å². The number of carbonyl (C=O) groups excluding carboxylic acids is 2. The zero-order chi connectivity index (χ0) is 27.4. The summed E-state index contributed by atoms with van der Waals surface area (Å²) in [7, 11) is 0. The van der Waals surface area contributed by atoms with Crippen LogP contribution in [0.4, 0.5) is 0 Å². The SMILES string of the molecule is NCc1cc(-c2ccccn2)c2ccccc2c1C(=O)[C@@](N)(CCCC1CCCc2cccnc21)C(=O)ON. The van der Waals surface area contributed by atoms with Crippen molar-refractivity contribution in [3.05, 3.63) is 95.4 Å². The van der Waals surface area contributed by atoms with Gasteiger partial charge in [0.25, 0.3) is 0 Å². The van der Waals surface area contributed by atoms with Crippen LogP contribution in [-0.2, 0) is 22.6 Å². The molecule has 2 aromatic carbocycles. The Labute approximate surface area is 227 Å². The third-order valence-corrected chi connectivity index (χ3v) is 7.83. The third kappa shape index (κ3) is 5.06. The van der Waals surface area contributed by atoms with Gasteiger partial charge in [0.2, 0.25) is 0 Å². The van der Waals surface area contributed by atoms with Crippen LogP contribution in [0.15, 0.2) is 73.1 Å². The number of fused-ring (bicyclic) bond motifs is 2. The van der Waals surface area contributed by atoms with Crippen LogP contribution in [0.25, 0.3) is 22.0 Å². The van der Waals surface area contributed by atoms with E-state index in [1.165, 1.54) is 5.56 Å². The zero-order valence-corrected chi connectivity index (χ0v) is 21.8. The molecule has 0 amide bonds. The molecule has 39 heavy (non-hydrogen) atoms. The Morgan fingerprint density at radius 1 is 1.00 bits per heavy atom. The number of nitrogens with zero attached hydrogens (tertiary/aromatic N) is 2. The molecular weight excluding hydrogens is 490 g/mol. The van der Waals surface area contributed by atoms with Crippen LogP contribution < -0.4 is 17.4 Å². The molecular formula is C31H33N5O3. The second-order valence-corrected chi connectivity index (χ2v) is 10.2. The fourth-order valence-electron chi connectivity index (χ4n) is 5.85. The maximum absolute atomic E-state index is 14.2. The molecule has 0 saturated carbocycles. The van der Waals surface area contributed by atoms with Crippen LogP contribution >= 0.6 is 0 Å². The van der Waals surface area contributed by atoms with Crippen LogP contribution in [-0.4, -0.2) is 27.3 Å². The van der Waals surface area contributed by atoms with Gasteiger partial charge in [-0.1, -0.05) is 36.4 Å². The number of pyridine rings is 2. The maximum atomic E-state index is 14.2. The Kier molecular flexibility index (Phi) is 7.79. The Morgan fingerprint density at radius 3 is 2.51 bits per heavy atom. The van der Waals surface area contributed by atoms with Gasteiger partial charge >= 0.3 is 5.97 Å². The number of hydrogen-bond acceptors (Lipinski definition) is 8. The summed E-state index contributed by atoms with van der Waals surface area (Å²) in [6.07, 6.45) is 7.99. The van der Waals surface area contributed by atoms with Crippen LogP contribution in [0.5, 0.6) is 0 Å². The number of benzene rings is 2. The van der Waals surface area contributed by atoms with E-state index in [1.54, 1.807) is 6.20 Å². The van der Waals surface area contributed by atoms with Crippen LogP contribution in [0, 0.1) is 0 Å². The van der Waals surface area contributed by atoms with Gasteiger partial charge in [-0.05, 0) is 84.7 Å². The van der Waals surface area contributed by atoms with E-state index in [-0.39, 0.29) is 18.9 Å². The molecule has 2 aromatic heterocycles. The summed E-state index contributed by atoms with van der Waals surface area (Å²) in [6, 6.07) is 19.1. The number of carbonyl (C=O) groups is 2. The molecule has 5 rings (SSSR count). The van der Waals surface area contributed by atoms with Crippen molar-refractivity contribution in [3.63, 3.8) is 0 Å². The van der Waals surface area contributed by atoms with Gasteiger partial charge in [-0.3, -0.25) is 14.8 Å². The molecule has 0 saturated heterocycles. The average Bonchev–Trinajstić information content (AvgIpc) is 2.99. The van der Waals surface area contributed by atoms with Crippen molar-refractivity contribution in [2.75, 3.05) is 0 Å². The summed E-state index contributed by atoms with van der Waals surface area (Å²) in [4.78, 5) is 40.9. The normalized spacial score (nSPS) is 16.3. The minimum Gasteiger partial charge on any atom is -0.372 e. The first kappa shape index (κ1) is 26.6. The first-order valence-corrected chi connectivity index (χ1v) is 13.3. The average molecular weight is 524 g/mol. The molecule has 2 atom stereocenters. The number of rotatable bonds is 9. The number of aromatic nitrogens is 2. The van der Waals surface area contributed by atoms with E-state index in [9.17, 15) is 9.59 Å². The highest BCUT2D eigenvalue weighted by Crippen LogP contribution is 2.37. The van der Waals surface area contributed by atoms with E-state index < -0.39 is 17.3 Å². The molecule has 2 heterocycles. The van der Waals surface area contributed by atoms with Gasteiger partial charge in [-0.2, -0.15) is 5.90 Å². The first-order valence-electron chi connectivity index (χ1n) is 13.3. The summed E-state index contributed by atoms with van der Waals surface area (Å²) >= 11 is 0. The van der Waals surface area contributed by atoms with E-state index in [4.69, 9.17) is 17.4 Å². The Balaban J connectivity index is 1.50. The molecule has 1 unspecified atom stereocenters. The van der Waals surface area contributed by atoms with Crippen LogP contribution in [0.3, 0.4) is 0 Å². The van der Waals surface area contributed by atoms with Gasteiger partial charge in [-0.25, -0.2) is 4.79 Å². The second kappa shape index (κ2) is 11.4. The van der Waals surface area contributed by atoms with Crippen molar-refractivity contribution in [2.45, 2.75) is 56.5 Å². The van der Waals surface area contributed by atoms with Gasteiger partial charge < -0.3 is 16.3 Å². The van der Waals surface area contributed by atoms with Crippen molar-refractivity contribution in [2.24, 2.45) is 17.4 Å². The lowest BCUT2D eigenvalue weighted by Crippen LogP contribution is -2.56. The molecule has 0 bridgehead atoms. The molecule has 1 aliphatic carbocycles. The fourth-order valence-corrected chi connectivity index (χ4v) is 5.85. The molecule has 200 valence electrons. The number of hydrogen-bond donors (Lipinski definition) is 3. The lowest BCUT2D eigenvalue weighted by Gasteiger charge is -2.28. The second-order valence-electron chi connectivity index (χ2n) is 10.2. The van der Waals surface area contributed by atoms with Gasteiger partial charge in [0.1, 0.15) is 0 Å². The highest BCUT2D eigenvalue weighted by atomic mass is 16.7. The van der Waals surface area contributed by atoms with Gasteiger partial charge in [0, 0.05) is 41.7 Å². The number of ketones is 1. The Morgan fingerprint density at radius 2 is 1.77 bits per heavy atom. The molecule has 0 spiro atoms. The topological polar surface area (TPSA) is 147 Å². The van der Waals surface area contributed by atoms with Crippen LogP contribution in [0.1, 0.15) is 65.2 Å². The standard InChI is InChI=1S/C31H33N5O3/c32-19-22-18-25(26-14-3-4-16-35-26)23-12-1-2-13-24(23)27(22)29(37)31(33,30(38)39-34)15-6-10-20-8-5-9-21-11-7-17-36-28(20)21/h1-4,7,11-14,16-18,20H,5-6,8-10,15,19,32-34H2/t20?,31-/m0/s1. The number of aryl methyl sites for hydroxylation is 1. The lowest BCUT2D eigenvalue weighted by atomic mass is 9.78. The summed E-state index contributed by atoms with van der Waals surface area (Å²) in [5, 5.41) is 1.46. The predicted octanol–water partition coefficient (Wildman–Crippen LogP) is 4.34. The minimum atomic E-state index is -1.96. The minimum absolute atomic E-state index is 0.0734. The highest BCUT2D eigenvalue weighted by molar-refractivity contribution is 6.23. The molecule has 4 aromatic rings. The van der Waals surface area contributed by atoms with E-state index in [0.29, 0.717) is 22.9 Å².